The number of piperazine rings is 1. The van der Waals surface area contributed by atoms with Crippen LogP contribution in [0.3, 0.4) is 0 Å². The van der Waals surface area contributed by atoms with Crippen LogP contribution in [0.4, 0.5) is 5.69 Å². The Hall–Kier alpha value is -1.53. The number of carbonyl (C=O) groups is 2. The van der Waals surface area contributed by atoms with E-state index in [1.165, 1.54) is 17.3 Å². The summed E-state index contributed by atoms with van der Waals surface area (Å²) in [4.78, 5) is 25.8. The van der Waals surface area contributed by atoms with E-state index in [0.717, 1.165) is 37.4 Å². The molecule has 2 N–H and O–H groups in total. The summed E-state index contributed by atoms with van der Waals surface area (Å²) in [5.41, 5.74) is 3.21. The van der Waals surface area contributed by atoms with Crippen molar-refractivity contribution in [1.29, 1.82) is 0 Å². The Kier molecular flexibility index (Phi) is 6.92. The molecule has 0 unspecified atom stereocenters. The highest BCUT2D eigenvalue weighted by Crippen LogP contribution is 2.15. The quantitative estimate of drug-likeness (QED) is 0.778. The molecule has 0 aromatic heterocycles. The van der Waals surface area contributed by atoms with Crippen LogP contribution in [0.15, 0.2) is 18.2 Å². The van der Waals surface area contributed by atoms with Gasteiger partial charge in [-0.15, -0.1) is 0 Å². The first-order valence-electron chi connectivity index (χ1n) is 7.99. The van der Waals surface area contributed by atoms with Gasteiger partial charge >= 0.3 is 0 Å². The normalized spacial score (nSPS) is 14.6. The van der Waals surface area contributed by atoms with Gasteiger partial charge in [0.15, 0.2) is 0 Å². The van der Waals surface area contributed by atoms with Crippen molar-refractivity contribution in [2.24, 2.45) is 0 Å². The first-order chi connectivity index (χ1) is 11.1. The molecule has 23 heavy (non-hydrogen) atoms. The van der Waals surface area contributed by atoms with Crippen LogP contribution < -0.4 is 10.6 Å². The van der Waals surface area contributed by atoms with Crippen molar-refractivity contribution in [2.45, 2.75) is 20.3 Å². The van der Waals surface area contributed by atoms with Crippen LogP contribution in [0.5, 0.6) is 0 Å². The van der Waals surface area contributed by atoms with Crippen molar-refractivity contribution in [1.82, 2.24) is 10.2 Å². The number of rotatable bonds is 6. The minimum absolute atomic E-state index is 0.0205. The van der Waals surface area contributed by atoms with Gasteiger partial charge in [-0.2, -0.15) is 11.8 Å². The Morgan fingerprint density at radius 2 is 1.96 bits per heavy atom. The molecular weight excluding hydrogens is 310 g/mol. The van der Waals surface area contributed by atoms with Gasteiger partial charge in [-0.05, 0) is 37.1 Å². The zero-order valence-electron chi connectivity index (χ0n) is 13.9. The molecule has 2 rings (SSSR count). The minimum Gasteiger partial charge on any atom is -0.340 e. The number of aryl methyl sites for hydroxylation is 2. The average Bonchev–Trinajstić information content (AvgIpc) is 2.55. The SMILES string of the molecule is Cc1ccc(NC(=O)CSCCC(=O)N2CCNCC2)cc1C. The maximum Gasteiger partial charge on any atom is 0.234 e. The Bertz CT molecular complexity index is 557. The summed E-state index contributed by atoms with van der Waals surface area (Å²) in [6.07, 6.45) is 0.502. The Morgan fingerprint density at radius 1 is 1.22 bits per heavy atom. The average molecular weight is 335 g/mol. The smallest absolute Gasteiger partial charge is 0.234 e. The number of anilines is 1. The standard InChI is InChI=1S/C17H25N3O2S/c1-13-3-4-15(11-14(13)2)19-16(21)12-23-10-5-17(22)20-8-6-18-7-9-20/h3-4,11,18H,5-10,12H2,1-2H3,(H,19,21). The molecule has 126 valence electrons. The number of thioether (sulfide) groups is 1. The molecule has 0 aliphatic carbocycles. The van der Waals surface area contributed by atoms with Crippen LogP contribution in [-0.2, 0) is 9.59 Å². The lowest BCUT2D eigenvalue weighted by Crippen LogP contribution is -2.46. The molecule has 1 fully saturated rings. The predicted molar refractivity (Wildman–Crippen MR) is 95.9 cm³/mol. The van der Waals surface area contributed by atoms with Crippen LogP contribution in [-0.4, -0.2) is 54.4 Å². The molecule has 6 heteroatoms. The van der Waals surface area contributed by atoms with E-state index < -0.39 is 0 Å². The summed E-state index contributed by atoms with van der Waals surface area (Å²) < 4.78 is 0. The molecule has 1 heterocycles. The third-order valence-electron chi connectivity index (χ3n) is 3.95. The molecule has 1 aliphatic heterocycles. The van der Waals surface area contributed by atoms with Gasteiger partial charge in [0.25, 0.3) is 0 Å². The predicted octanol–water partition coefficient (Wildman–Crippen LogP) is 1.80. The van der Waals surface area contributed by atoms with E-state index in [1.54, 1.807) is 0 Å². The van der Waals surface area contributed by atoms with Crippen molar-refractivity contribution >= 4 is 29.3 Å². The Morgan fingerprint density at radius 3 is 2.65 bits per heavy atom. The largest absolute Gasteiger partial charge is 0.340 e. The molecular formula is C17H25N3O2S. The molecule has 0 saturated carbocycles. The summed E-state index contributed by atoms with van der Waals surface area (Å²) in [6, 6.07) is 5.90. The van der Waals surface area contributed by atoms with Crippen LogP contribution in [0, 0.1) is 13.8 Å². The highest BCUT2D eigenvalue weighted by molar-refractivity contribution is 7.99. The summed E-state index contributed by atoms with van der Waals surface area (Å²) in [7, 11) is 0. The van der Waals surface area contributed by atoms with E-state index >= 15 is 0 Å². The van der Waals surface area contributed by atoms with Crippen LogP contribution in [0.2, 0.25) is 0 Å². The fraction of sp³-hybridized carbons (Fsp3) is 0.529. The van der Waals surface area contributed by atoms with Crippen molar-refractivity contribution in [3.8, 4) is 0 Å². The maximum absolute atomic E-state index is 12.0. The van der Waals surface area contributed by atoms with E-state index in [2.05, 4.69) is 10.6 Å². The molecule has 0 atom stereocenters. The van der Waals surface area contributed by atoms with Crippen LogP contribution in [0.25, 0.3) is 0 Å². The maximum atomic E-state index is 12.0. The van der Waals surface area contributed by atoms with Gasteiger partial charge in [0.2, 0.25) is 11.8 Å². The molecule has 1 aliphatic rings. The van der Waals surface area contributed by atoms with Gasteiger partial charge in [-0.25, -0.2) is 0 Å². The second-order valence-corrected chi connectivity index (χ2v) is 6.89. The van der Waals surface area contributed by atoms with E-state index in [1.807, 2.05) is 36.9 Å². The van der Waals surface area contributed by atoms with Crippen molar-refractivity contribution in [2.75, 3.05) is 43.0 Å². The highest BCUT2D eigenvalue weighted by atomic mass is 32.2. The van der Waals surface area contributed by atoms with E-state index in [-0.39, 0.29) is 11.8 Å². The third kappa shape index (κ3) is 5.88. The van der Waals surface area contributed by atoms with E-state index in [9.17, 15) is 9.59 Å². The first-order valence-corrected chi connectivity index (χ1v) is 9.15. The lowest BCUT2D eigenvalue weighted by Gasteiger charge is -2.27. The number of amides is 2. The van der Waals surface area contributed by atoms with Gasteiger partial charge < -0.3 is 15.5 Å². The summed E-state index contributed by atoms with van der Waals surface area (Å²) in [5.74, 6) is 1.23. The molecule has 0 radical (unpaired) electrons. The third-order valence-corrected chi connectivity index (χ3v) is 4.91. The number of benzene rings is 1. The Balaban J connectivity index is 1.64. The van der Waals surface area contributed by atoms with Gasteiger partial charge in [-0.1, -0.05) is 6.07 Å². The molecule has 0 spiro atoms. The zero-order chi connectivity index (χ0) is 16.7. The highest BCUT2D eigenvalue weighted by Gasteiger charge is 2.15. The lowest BCUT2D eigenvalue weighted by atomic mass is 10.1. The second kappa shape index (κ2) is 8.93. The van der Waals surface area contributed by atoms with Gasteiger partial charge in [0, 0.05) is 44.0 Å². The number of nitrogens with one attached hydrogen (secondary N) is 2. The van der Waals surface area contributed by atoms with Gasteiger partial charge in [0.05, 0.1) is 5.75 Å². The molecule has 1 aromatic rings. The fourth-order valence-electron chi connectivity index (χ4n) is 2.41. The van der Waals surface area contributed by atoms with Crippen LogP contribution in [0.1, 0.15) is 17.5 Å². The van der Waals surface area contributed by atoms with Gasteiger partial charge in [0.1, 0.15) is 0 Å². The van der Waals surface area contributed by atoms with E-state index in [0.29, 0.717) is 17.9 Å². The number of hydrogen-bond donors (Lipinski definition) is 2. The summed E-state index contributed by atoms with van der Waals surface area (Å²) in [5, 5.41) is 6.13. The van der Waals surface area contributed by atoms with E-state index in [4.69, 9.17) is 0 Å². The number of hydrogen-bond acceptors (Lipinski definition) is 4. The molecule has 2 amide bonds. The lowest BCUT2D eigenvalue weighted by molar-refractivity contribution is -0.131. The molecule has 1 aromatic carbocycles. The van der Waals surface area contributed by atoms with Crippen molar-refractivity contribution in [3.63, 3.8) is 0 Å². The fourth-order valence-corrected chi connectivity index (χ4v) is 3.13. The molecule has 1 saturated heterocycles. The second-order valence-electron chi connectivity index (χ2n) is 5.78. The minimum atomic E-state index is -0.0205. The number of carbonyl (C=O) groups excluding carboxylic acids is 2. The van der Waals surface area contributed by atoms with Crippen molar-refractivity contribution in [3.05, 3.63) is 29.3 Å². The summed E-state index contributed by atoms with van der Waals surface area (Å²) >= 11 is 1.51. The van der Waals surface area contributed by atoms with Crippen molar-refractivity contribution < 1.29 is 9.59 Å². The zero-order valence-corrected chi connectivity index (χ0v) is 14.7. The first kappa shape index (κ1) is 17.8. The summed E-state index contributed by atoms with van der Waals surface area (Å²) in [6.45, 7) is 7.40. The van der Waals surface area contributed by atoms with Crippen LogP contribution >= 0.6 is 11.8 Å². The topological polar surface area (TPSA) is 61.4 Å². The molecule has 5 nitrogen and oxygen atoms in total. The Labute approximate surface area is 142 Å². The number of nitrogens with zero attached hydrogens (tertiary/aromatic N) is 1. The van der Waals surface area contributed by atoms with Gasteiger partial charge in [-0.3, -0.25) is 9.59 Å². The molecule has 0 bridgehead atoms. The monoisotopic (exact) mass is 335 g/mol.